The molecule has 17 heavy (non-hydrogen) atoms. The van der Waals surface area contributed by atoms with Crippen molar-refractivity contribution in [3.63, 3.8) is 0 Å². The smallest absolute Gasteiger partial charge is 0.125 e. The van der Waals surface area contributed by atoms with Gasteiger partial charge in [0, 0.05) is 19.7 Å². The molecular weight excluding hydrogens is 210 g/mol. The molecular formula is C14H19N3. The van der Waals surface area contributed by atoms with Crippen molar-refractivity contribution in [3.8, 4) is 0 Å². The molecule has 0 spiro atoms. The van der Waals surface area contributed by atoms with E-state index in [1.165, 1.54) is 24.1 Å². The van der Waals surface area contributed by atoms with Crippen LogP contribution in [0.25, 0.3) is 0 Å². The third-order valence-corrected chi connectivity index (χ3v) is 3.05. The summed E-state index contributed by atoms with van der Waals surface area (Å²) in [6.45, 7) is 1.94. The predicted molar refractivity (Wildman–Crippen MR) is 74.0 cm³/mol. The van der Waals surface area contributed by atoms with Crippen LogP contribution < -0.4 is 5.01 Å². The summed E-state index contributed by atoms with van der Waals surface area (Å²) in [6.07, 6.45) is 6.35. The quantitative estimate of drug-likeness (QED) is 0.679. The second-order valence-corrected chi connectivity index (χ2v) is 4.16. The van der Waals surface area contributed by atoms with Gasteiger partial charge in [-0.25, -0.2) is 5.01 Å². The SMILES string of the molecule is C/C=N\N1C(=NC)CCCCc2ccccc21. The van der Waals surface area contributed by atoms with Gasteiger partial charge in [0.1, 0.15) is 5.84 Å². The first-order valence-corrected chi connectivity index (χ1v) is 6.19. The van der Waals surface area contributed by atoms with Crippen LogP contribution >= 0.6 is 0 Å². The molecule has 0 saturated heterocycles. The van der Waals surface area contributed by atoms with E-state index in [0.29, 0.717) is 0 Å². The zero-order valence-corrected chi connectivity index (χ0v) is 10.6. The molecule has 1 aromatic carbocycles. The fourth-order valence-electron chi connectivity index (χ4n) is 2.22. The van der Waals surface area contributed by atoms with Crippen molar-refractivity contribution >= 4 is 17.7 Å². The Morgan fingerprint density at radius 3 is 2.71 bits per heavy atom. The van der Waals surface area contributed by atoms with Gasteiger partial charge in [0.2, 0.25) is 0 Å². The number of hydrogen-bond acceptors (Lipinski definition) is 2. The Morgan fingerprint density at radius 1 is 1.18 bits per heavy atom. The first-order valence-electron chi connectivity index (χ1n) is 6.19. The van der Waals surface area contributed by atoms with E-state index in [0.717, 1.165) is 18.7 Å². The van der Waals surface area contributed by atoms with Crippen LogP contribution in [-0.4, -0.2) is 19.1 Å². The lowest BCUT2D eigenvalue weighted by Crippen LogP contribution is -2.27. The number of nitrogens with zero attached hydrogens (tertiary/aromatic N) is 3. The van der Waals surface area contributed by atoms with Crippen LogP contribution in [0.2, 0.25) is 0 Å². The molecule has 3 heteroatoms. The molecule has 0 fully saturated rings. The van der Waals surface area contributed by atoms with Gasteiger partial charge in [0.05, 0.1) is 5.69 Å². The molecule has 0 unspecified atom stereocenters. The lowest BCUT2D eigenvalue weighted by atomic mass is 10.0. The third-order valence-electron chi connectivity index (χ3n) is 3.05. The second kappa shape index (κ2) is 5.62. The van der Waals surface area contributed by atoms with Crippen molar-refractivity contribution in [1.29, 1.82) is 0 Å². The first kappa shape index (κ1) is 11.8. The van der Waals surface area contributed by atoms with E-state index in [1.807, 2.05) is 25.2 Å². The van der Waals surface area contributed by atoms with Crippen LogP contribution in [0.4, 0.5) is 5.69 Å². The maximum Gasteiger partial charge on any atom is 0.125 e. The number of anilines is 1. The molecule has 1 aliphatic rings. The molecule has 0 N–H and O–H groups in total. The van der Waals surface area contributed by atoms with Crippen LogP contribution in [-0.2, 0) is 6.42 Å². The van der Waals surface area contributed by atoms with Crippen LogP contribution in [0.1, 0.15) is 31.7 Å². The number of para-hydroxylation sites is 1. The van der Waals surface area contributed by atoms with E-state index in [-0.39, 0.29) is 0 Å². The molecule has 0 aromatic heterocycles. The predicted octanol–water partition coefficient (Wildman–Crippen LogP) is 3.25. The average molecular weight is 229 g/mol. The summed E-state index contributed by atoms with van der Waals surface area (Å²) in [5.41, 5.74) is 2.53. The fourth-order valence-corrected chi connectivity index (χ4v) is 2.22. The first-order chi connectivity index (χ1) is 8.36. The number of hydrazone groups is 1. The van der Waals surface area contributed by atoms with Crippen molar-refractivity contribution in [2.24, 2.45) is 10.1 Å². The molecule has 0 bridgehead atoms. The third kappa shape index (κ3) is 2.54. The second-order valence-electron chi connectivity index (χ2n) is 4.16. The summed E-state index contributed by atoms with van der Waals surface area (Å²) in [4.78, 5) is 4.38. The summed E-state index contributed by atoms with van der Waals surface area (Å²) in [5, 5.41) is 6.44. The molecule has 3 nitrogen and oxygen atoms in total. The number of amidine groups is 1. The normalized spacial score (nSPS) is 19.2. The minimum absolute atomic E-state index is 1.00. The largest absolute Gasteiger partial charge is 0.274 e. The summed E-state index contributed by atoms with van der Waals surface area (Å²) in [7, 11) is 1.84. The lowest BCUT2D eigenvalue weighted by Gasteiger charge is -2.25. The molecule has 0 amide bonds. The van der Waals surface area contributed by atoms with E-state index < -0.39 is 0 Å². The van der Waals surface area contributed by atoms with Crippen LogP contribution in [0.5, 0.6) is 0 Å². The van der Waals surface area contributed by atoms with Crippen molar-refractivity contribution < 1.29 is 0 Å². The lowest BCUT2D eigenvalue weighted by molar-refractivity contribution is 0.741. The van der Waals surface area contributed by atoms with Crippen molar-refractivity contribution in [2.75, 3.05) is 12.1 Å². The van der Waals surface area contributed by atoms with Crippen LogP contribution in [0.3, 0.4) is 0 Å². The van der Waals surface area contributed by atoms with Gasteiger partial charge < -0.3 is 0 Å². The van der Waals surface area contributed by atoms with Gasteiger partial charge in [-0.15, -0.1) is 0 Å². The standard InChI is InChI=1S/C14H19N3/c1-3-16-17-13-10-6-4-8-12(13)9-5-7-11-14(17)15-2/h3-4,6,8,10H,5,7,9,11H2,1-2H3/b15-14?,16-3-. The van der Waals surface area contributed by atoms with Gasteiger partial charge in [-0.05, 0) is 37.8 Å². The molecule has 0 atom stereocenters. The topological polar surface area (TPSA) is 28.0 Å². The number of aryl methyl sites for hydroxylation is 1. The highest BCUT2D eigenvalue weighted by Crippen LogP contribution is 2.26. The van der Waals surface area contributed by atoms with E-state index >= 15 is 0 Å². The molecule has 0 radical (unpaired) electrons. The van der Waals surface area contributed by atoms with E-state index in [4.69, 9.17) is 0 Å². The Kier molecular flexibility index (Phi) is 3.91. The summed E-state index contributed by atoms with van der Waals surface area (Å²) in [5.74, 6) is 1.05. The molecule has 1 heterocycles. The fraction of sp³-hybridized carbons (Fsp3) is 0.429. The average Bonchev–Trinajstić information content (AvgIpc) is 2.35. The van der Waals surface area contributed by atoms with Crippen molar-refractivity contribution in [2.45, 2.75) is 32.6 Å². The molecule has 0 aliphatic carbocycles. The van der Waals surface area contributed by atoms with E-state index in [1.54, 1.807) is 0 Å². The number of benzene rings is 1. The summed E-state index contributed by atoms with van der Waals surface area (Å²) >= 11 is 0. The van der Waals surface area contributed by atoms with Gasteiger partial charge >= 0.3 is 0 Å². The summed E-state index contributed by atoms with van der Waals surface area (Å²) < 4.78 is 0. The van der Waals surface area contributed by atoms with Gasteiger partial charge in [-0.3, -0.25) is 4.99 Å². The highest BCUT2D eigenvalue weighted by molar-refractivity contribution is 5.98. The Balaban J connectivity index is 2.48. The molecule has 2 rings (SSSR count). The van der Waals surface area contributed by atoms with Gasteiger partial charge in [0.15, 0.2) is 0 Å². The van der Waals surface area contributed by atoms with E-state index in [9.17, 15) is 0 Å². The Labute approximate surface area is 103 Å². The Bertz CT molecular complexity index is 435. The highest BCUT2D eigenvalue weighted by atomic mass is 15.5. The maximum absolute atomic E-state index is 4.46. The zero-order valence-electron chi connectivity index (χ0n) is 10.6. The maximum atomic E-state index is 4.46. The molecule has 90 valence electrons. The van der Waals surface area contributed by atoms with Crippen LogP contribution in [0.15, 0.2) is 34.4 Å². The Morgan fingerprint density at radius 2 is 1.94 bits per heavy atom. The number of rotatable bonds is 1. The molecule has 1 aromatic rings. The van der Waals surface area contributed by atoms with Gasteiger partial charge in [0.25, 0.3) is 0 Å². The van der Waals surface area contributed by atoms with Gasteiger partial charge in [-0.2, -0.15) is 5.10 Å². The molecule has 1 aliphatic heterocycles. The van der Waals surface area contributed by atoms with Crippen LogP contribution in [0, 0.1) is 0 Å². The minimum atomic E-state index is 1.00. The number of aliphatic imine (C=N–C) groups is 1. The monoisotopic (exact) mass is 229 g/mol. The molecule has 0 saturated carbocycles. The number of hydrogen-bond donors (Lipinski definition) is 0. The summed E-state index contributed by atoms with van der Waals surface area (Å²) in [6, 6.07) is 8.47. The highest BCUT2D eigenvalue weighted by Gasteiger charge is 2.17. The number of fused-ring (bicyclic) bond motifs is 1. The zero-order chi connectivity index (χ0) is 12.1. The Hall–Kier alpha value is -1.64. The van der Waals surface area contributed by atoms with Crippen molar-refractivity contribution in [1.82, 2.24) is 0 Å². The van der Waals surface area contributed by atoms with E-state index in [2.05, 4.69) is 34.4 Å². The van der Waals surface area contributed by atoms with Crippen molar-refractivity contribution in [3.05, 3.63) is 29.8 Å². The van der Waals surface area contributed by atoms with Gasteiger partial charge in [-0.1, -0.05) is 18.2 Å². The minimum Gasteiger partial charge on any atom is -0.274 e.